The molecule has 3 rings (SSSR count). The van der Waals surface area contributed by atoms with Crippen LogP contribution in [0.4, 0.5) is 0 Å². The molecule has 0 aromatic carbocycles. The quantitative estimate of drug-likeness (QED) is 0.885. The van der Waals surface area contributed by atoms with E-state index < -0.39 is 11.4 Å². The molecule has 1 aromatic heterocycles. The van der Waals surface area contributed by atoms with Gasteiger partial charge in [0.05, 0.1) is 17.7 Å². The zero-order valence-electron chi connectivity index (χ0n) is 11.4. The molecule has 2 aliphatic rings. The Balaban J connectivity index is 1.65. The van der Waals surface area contributed by atoms with Gasteiger partial charge in [-0.25, -0.2) is 0 Å². The smallest absolute Gasteiger partial charge is 0.310 e. The summed E-state index contributed by atoms with van der Waals surface area (Å²) in [6, 6.07) is 1.87. The predicted octanol–water partition coefficient (Wildman–Crippen LogP) is 2.42. The highest BCUT2D eigenvalue weighted by atomic mass is 16.4. The van der Waals surface area contributed by atoms with E-state index in [1.165, 1.54) is 0 Å². The third-order valence-corrected chi connectivity index (χ3v) is 4.65. The second-order valence-electron chi connectivity index (χ2n) is 5.93. The molecule has 108 valence electrons. The van der Waals surface area contributed by atoms with Crippen LogP contribution < -0.4 is 5.32 Å². The molecule has 2 N–H and O–H groups in total. The molecule has 1 amide bonds. The first kappa shape index (κ1) is 13.2. The molecule has 20 heavy (non-hydrogen) atoms. The minimum Gasteiger partial charge on any atom is -0.481 e. The monoisotopic (exact) mass is 277 g/mol. The fourth-order valence-corrected chi connectivity index (χ4v) is 3.26. The Hall–Kier alpha value is -1.78. The molecule has 1 fully saturated rings. The fourth-order valence-electron chi connectivity index (χ4n) is 3.26. The van der Waals surface area contributed by atoms with E-state index in [4.69, 9.17) is 4.42 Å². The van der Waals surface area contributed by atoms with E-state index in [-0.39, 0.29) is 18.4 Å². The number of rotatable bonds is 4. The van der Waals surface area contributed by atoms with E-state index in [0.29, 0.717) is 12.8 Å². The number of carboxylic acids is 1. The molecule has 1 saturated carbocycles. The largest absolute Gasteiger partial charge is 0.481 e. The lowest BCUT2D eigenvalue weighted by Crippen LogP contribution is -2.43. The van der Waals surface area contributed by atoms with Crippen molar-refractivity contribution in [2.24, 2.45) is 5.41 Å². The molecule has 0 aliphatic heterocycles. The number of carboxylic acid groups (broad SMARTS) is 1. The topological polar surface area (TPSA) is 79.5 Å². The van der Waals surface area contributed by atoms with Crippen molar-refractivity contribution in [3.8, 4) is 0 Å². The molecule has 1 heterocycles. The summed E-state index contributed by atoms with van der Waals surface area (Å²) < 4.78 is 5.39. The predicted molar refractivity (Wildman–Crippen MR) is 71.1 cm³/mol. The third-order valence-electron chi connectivity index (χ3n) is 4.65. The molecule has 5 nitrogen and oxygen atoms in total. The number of nitrogens with one attached hydrogen (secondary N) is 1. The summed E-state index contributed by atoms with van der Waals surface area (Å²) in [5.74, 6) is -0.0594. The lowest BCUT2D eigenvalue weighted by Gasteiger charge is -2.37. The molecule has 0 saturated heterocycles. The van der Waals surface area contributed by atoms with E-state index in [2.05, 4.69) is 5.32 Å². The lowest BCUT2D eigenvalue weighted by atomic mass is 9.66. The van der Waals surface area contributed by atoms with Crippen LogP contribution in [0, 0.1) is 5.41 Å². The molecule has 1 atom stereocenters. The van der Waals surface area contributed by atoms with Crippen LogP contribution in [0.3, 0.4) is 0 Å². The van der Waals surface area contributed by atoms with Crippen molar-refractivity contribution >= 4 is 11.9 Å². The third kappa shape index (κ3) is 2.21. The number of furan rings is 1. The van der Waals surface area contributed by atoms with Gasteiger partial charge in [0.15, 0.2) is 0 Å². The highest BCUT2D eigenvalue weighted by Crippen LogP contribution is 2.44. The van der Waals surface area contributed by atoms with E-state index in [0.717, 1.165) is 37.0 Å². The average Bonchev–Trinajstić information content (AvgIpc) is 2.82. The zero-order valence-corrected chi connectivity index (χ0v) is 11.4. The summed E-state index contributed by atoms with van der Waals surface area (Å²) in [4.78, 5) is 23.4. The second-order valence-corrected chi connectivity index (χ2v) is 5.93. The standard InChI is InChI=1S/C15H19NO4/c17-13(9-15(14(18)19)6-2-7-15)16-11-3-1-4-12-10(11)5-8-20-12/h5,8,11H,1-4,6-7,9H2,(H,16,17)(H,18,19). The van der Waals surface area contributed by atoms with Crippen LogP contribution in [0.15, 0.2) is 16.7 Å². The number of aliphatic carboxylic acids is 1. The van der Waals surface area contributed by atoms with Gasteiger partial charge < -0.3 is 14.8 Å². The molecule has 2 aliphatic carbocycles. The van der Waals surface area contributed by atoms with Gasteiger partial charge in [-0.15, -0.1) is 0 Å². The van der Waals surface area contributed by atoms with Gasteiger partial charge in [-0.05, 0) is 31.7 Å². The first-order valence-electron chi connectivity index (χ1n) is 7.20. The number of aryl methyl sites for hydroxylation is 1. The van der Waals surface area contributed by atoms with Gasteiger partial charge in [-0.2, -0.15) is 0 Å². The van der Waals surface area contributed by atoms with E-state index in [1.807, 2.05) is 6.07 Å². The summed E-state index contributed by atoms with van der Waals surface area (Å²) in [5.41, 5.74) is 0.223. The molecular weight excluding hydrogens is 258 g/mol. The molecule has 5 heteroatoms. The van der Waals surface area contributed by atoms with Gasteiger partial charge in [0.25, 0.3) is 0 Å². The number of hydrogen-bond donors (Lipinski definition) is 2. The van der Waals surface area contributed by atoms with Crippen molar-refractivity contribution in [1.82, 2.24) is 5.32 Å². The summed E-state index contributed by atoms with van der Waals surface area (Å²) in [6.45, 7) is 0. The molecule has 0 spiro atoms. The van der Waals surface area contributed by atoms with Gasteiger partial charge >= 0.3 is 5.97 Å². The molecule has 0 bridgehead atoms. The second kappa shape index (κ2) is 4.96. The van der Waals surface area contributed by atoms with Gasteiger partial charge in [0, 0.05) is 18.4 Å². The van der Waals surface area contributed by atoms with Crippen molar-refractivity contribution in [2.75, 3.05) is 0 Å². The highest BCUT2D eigenvalue weighted by molar-refractivity contribution is 5.85. The molecule has 1 aromatic rings. The van der Waals surface area contributed by atoms with Crippen LogP contribution in [0.1, 0.15) is 55.9 Å². The summed E-state index contributed by atoms with van der Waals surface area (Å²) >= 11 is 0. The summed E-state index contributed by atoms with van der Waals surface area (Å²) in [7, 11) is 0. The SMILES string of the molecule is O=C(CC1(C(=O)O)CCC1)NC1CCCc2occc21. The zero-order chi connectivity index (χ0) is 14.2. The minimum absolute atomic E-state index is 0.0316. The minimum atomic E-state index is -0.841. The lowest BCUT2D eigenvalue weighted by molar-refractivity contribution is -0.157. The van der Waals surface area contributed by atoms with Crippen LogP contribution in [0.5, 0.6) is 0 Å². The highest BCUT2D eigenvalue weighted by Gasteiger charge is 2.46. The van der Waals surface area contributed by atoms with E-state index in [1.54, 1.807) is 6.26 Å². The Labute approximate surface area is 117 Å². The number of carbonyl (C=O) groups excluding carboxylic acids is 1. The van der Waals surface area contributed by atoms with E-state index >= 15 is 0 Å². The van der Waals surface area contributed by atoms with Crippen LogP contribution >= 0.6 is 0 Å². The Morgan fingerprint density at radius 2 is 2.20 bits per heavy atom. The van der Waals surface area contributed by atoms with Crippen molar-refractivity contribution in [3.63, 3.8) is 0 Å². The van der Waals surface area contributed by atoms with E-state index in [9.17, 15) is 14.7 Å². The van der Waals surface area contributed by atoms with Crippen LogP contribution in [0.25, 0.3) is 0 Å². The maximum Gasteiger partial charge on any atom is 0.310 e. The number of fused-ring (bicyclic) bond motifs is 1. The van der Waals surface area contributed by atoms with Crippen molar-refractivity contribution in [2.45, 2.75) is 51.0 Å². The molecular formula is C15H19NO4. The summed E-state index contributed by atoms with van der Waals surface area (Å²) in [5, 5.41) is 12.2. The number of amides is 1. The van der Waals surface area contributed by atoms with Gasteiger partial charge in [-0.3, -0.25) is 9.59 Å². The maximum atomic E-state index is 12.2. The molecule has 0 radical (unpaired) electrons. The first-order chi connectivity index (χ1) is 9.61. The van der Waals surface area contributed by atoms with Crippen LogP contribution in [-0.2, 0) is 16.0 Å². The van der Waals surface area contributed by atoms with Gasteiger partial charge in [0.2, 0.25) is 5.91 Å². The van der Waals surface area contributed by atoms with Gasteiger partial charge in [0.1, 0.15) is 5.76 Å². The number of carbonyl (C=O) groups is 2. The average molecular weight is 277 g/mol. The van der Waals surface area contributed by atoms with Crippen molar-refractivity contribution in [3.05, 3.63) is 23.7 Å². The summed E-state index contributed by atoms with van der Waals surface area (Å²) in [6.07, 6.45) is 6.64. The Bertz CT molecular complexity index is 530. The molecule has 1 unspecified atom stereocenters. The first-order valence-corrected chi connectivity index (χ1v) is 7.20. The van der Waals surface area contributed by atoms with Crippen molar-refractivity contribution < 1.29 is 19.1 Å². The Morgan fingerprint density at radius 1 is 1.40 bits per heavy atom. The number of hydrogen-bond acceptors (Lipinski definition) is 3. The van der Waals surface area contributed by atoms with Crippen LogP contribution in [0.2, 0.25) is 0 Å². The Morgan fingerprint density at radius 3 is 2.85 bits per heavy atom. The van der Waals surface area contributed by atoms with Crippen molar-refractivity contribution in [1.29, 1.82) is 0 Å². The van der Waals surface area contributed by atoms with Gasteiger partial charge in [-0.1, -0.05) is 6.42 Å². The van der Waals surface area contributed by atoms with Crippen LogP contribution in [-0.4, -0.2) is 17.0 Å². The maximum absolute atomic E-state index is 12.2. The fraction of sp³-hybridized carbons (Fsp3) is 0.600. The Kier molecular flexibility index (Phi) is 3.28. The normalized spacial score (nSPS) is 23.5.